The molecule has 0 N–H and O–H groups in total. The lowest BCUT2D eigenvalue weighted by Gasteiger charge is -2.32. The highest BCUT2D eigenvalue weighted by Gasteiger charge is 2.45. The third-order valence-electron chi connectivity index (χ3n) is 9.98. The van der Waals surface area contributed by atoms with Crippen molar-refractivity contribution in [2.75, 3.05) is 44.7 Å². The van der Waals surface area contributed by atoms with Gasteiger partial charge in [0.25, 0.3) is 0 Å². The molecule has 0 bridgehead atoms. The molecule has 0 spiro atoms. The summed E-state index contributed by atoms with van der Waals surface area (Å²) in [5.74, 6) is 1.21. The first-order chi connectivity index (χ1) is 20.4. The van der Waals surface area contributed by atoms with Crippen LogP contribution in [0.5, 0.6) is 6.01 Å². The number of rotatable bonds is 6. The van der Waals surface area contributed by atoms with Gasteiger partial charge in [0.1, 0.15) is 6.61 Å². The number of aromatic nitrogens is 2. The van der Waals surface area contributed by atoms with E-state index < -0.39 is 0 Å². The van der Waals surface area contributed by atoms with Crippen LogP contribution in [0.1, 0.15) is 50.3 Å². The third kappa shape index (κ3) is 4.87. The summed E-state index contributed by atoms with van der Waals surface area (Å²) in [6.07, 6.45) is 11.2. The van der Waals surface area contributed by atoms with Crippen molar-refractivity contribution in [3.05, 3.63) is 52.7 Å². The maximum Gasteiger partial charge on any atom is 0.434 e. The van der Waals surface area contributed by atoms with Gasteiger partial charge in [-0.05, 0) is 69.6 Å². The number of anilines is 1. The van der Waals surface area contributed by atoms with Crippen LogP contribution in [0.2, 0.25) is 5.02 Å². The van der Waals surface area contributed by atoms with Crippen LogP contribution in [0.3, 0.4) is 0 Å². The van der Waals surface area contributed by atoms with E-state index in [2.05, 4.69) is 65.0 Å². The molecular weight excluding hydrogens is 546 g/mol. The Bertz CT molecular complexity index is 1570. The lowest BCUT2D eigenvalue weighted by atomic mass is 9.95. The number of likely N-dealkylation sites (tertiary alicyclic amines) is 1. The summed E-state index contributed by atoms with van der Waals surface area (Å²) in [7, 11) is 2.08. The smallest absolute Gasteiger partial charge is 0.434 e. The molecular formula is C33H39ClN7O+. The number of ether oxygens (including phenoxy) is 1. The van der Waals surface area contributed by atoms with Crippen molar-refractivity contribution < 1.29 is 9.31 Å². The Morgan fingerprint density at radius 3 is 2.69 bits per heavy atom. The van der Waals surface area contributed by atoms with Crippen LogP contribution >= 0.6 is 11.6 Å². The predicted octanol–water partition coefficient (Wildman–Crippen LogP) is 5.39. The molecule has 1 aromatic heterocycles. The number of fused-ring (bicyclic) bond motifs is 3. The minimum atomic E-state index is 0.129. The van der Waals surface area contributed by atoms with Crippen molar-refractivity contribution in [2.24, 2.45) is 5.92 Å². The van der Waals surface area contributed by atoms with Crippen molar-refractivity contribution in [2.45, 2.75) is 63.6 Å². The highest BCUT2D eigenvalue weighted by atomic mass is 35.5. The molecule has 2 atom stereocenters. The largest absolute Gasteiger partial charge is 0.443 e. The quantitative estimate of drug-likeness (QED) is 0.219. The fraction of sp³-hybridized carbons (Fsp3) is 0.515. The van der Waals surface area contributed by atoms with Crippen LogP contribution in [0.4, 0.5) is 11.5 Å². The molecule has 0 radical (unpaired) electrons. The lowest BCUT2D eigenvalue weighted by Crippen LogP contribution is -2.43. The first-order valence-corrected chi connectivity index (χ1v) is 15.8. The zero-order valence-corrected chi connectivity index (χ0v) is 25.4. The monoisotopic (exact) mass is 584 g/mol. The van der Waals surface area contributed by atoms with E-state index in [1.54, 1.807) is 0 Å². The Kier molecular flexibility index (Phi) is 7.19. The van der Waals surface area contributed by atoms with Crippen molar-refractivity contribution in [1.82, 2.24) is 19.8 Å². The number of benzene rings is 2. The van der Waals surface area contributed by atoms with Gasteiger partial charge in [-0.15, -0.1) is 0 Å². The molecule has 2 aromatic carbocycles. The van der Waals surface area contributed by atoms with E-state index in [0.29, 0.717) is 25.1 Å². The van der Waals surface area contributed by atoms with E-state index in [-0.39, 0.29) is 11.6 Å². The second kappa shape index (κ2) is 11.0. The lowest BCUT2D eigenvalue weighted by molar-refractivity contribution is -0.407. The van der Waals surface area contributed by atoms with Crippen LogP contribution in [-0.4, -0.2) is 82.0 Å². The second-order valence-electron chi connectivity index (χ2n) is 12.6. The highest BCUT2D eigenvalue weighted by molar-refractivity contribution is 6.36. The Morgan fingerprint density at radius 2 is 1.93 bits per heavy atom. The molecule has 3 fully saturated rings. The van der Waals surface area contributed by atoms with Crippen molar-refractivity contribution in [1.29, 1.82) is 5.26 Å². The average molecular weight is 585 g/mol. The van der Waals surface area contributed by atoms with Gasteiger partial charge in [-0.3, -0.25) is 4.90 Å². The standard InChI is InChI=1S/C33H39ClN7O/c1-23-17-24(19-40(23)22-35)18-38(2)31-26-11-16-39(29-10-4-8-25-7-3-9-27(34)30(25)29)20-28(26)36-32(37-31)42-21-33-12-5-14-41(33)15-6-13-33/h3-4,7-10,18,23-24H,5-6,11-17,19-21H2,1-2H3/q+1/b38-18-/t23-,24?/m0/s1. The first-order valence-electron chi connectivity index (χ1n) is 15.4. The van der Waals surface area contributed by atoms with Crippen LogP contribution in [-0.2, 0) is 13.0 Å². The summed E-state index contributed by atoms with van der Waals surface area (Å²) in [4.78, 5) is 17.0. The molecule has 1 unspecified atom stereocenters. The molecule has 7 rings (SSSR count). The molecule has 0 saturated carbocycles. The Morgan fingerprint density at radius 1 is 1.14 bits per heavy atom. The average Bonchev–Trinajstić information content (AvgIpc) is 3.69. The fourth-order valence-corrected chi connectivity index (χ4v) is 8.14. The van der Waals surface area contributed by atoms with Gasteiger partial charge in [-0.1, -0.05) is 35.9 Å². The zero-order valence-electron chi connectivity index (χ0n) is 24.6. The molecule has 3 saturated heterocycles. The molecule has 8 nitrogen and oxygen atoms in total. The van der Waals surface area contributed by atoms with Gasteiger partial charge in [0.05, 0.1) is 41.6 Å². The van der Waals surface area contributed by atoms with Crippen LogP contribution in [0.15, 0.2) is 36.4 Å². The summed E-state index contributed by atoms with van der Waals surface area (Å²) in [5.41, 5.74) is 3.45. The van der Waals surface area contributed by atoms with Gasteiger partial charge < -0.3 is 14.5 Å². The molecule has 4 aliphatic rings. The molecule has 0 aliphatic carbocycles. The molecule has 0 amide bonds. The molecule has 218 valence electrons. The number of hydrogen-bond donors (Lipinski definition) is 0. The van der Waals surface area contributed by atoms with Gasteiger partial charge in [0, 0.05) is 47.5 Å². The molecule has 9 heteroatoms. The van der Waals surface area contributed by atoms with Crippen LogP contribution < -0.4 is 9.64 Å². The maximum atomic E-state index is 9.51. The van der Waals surface area contributed by atoms with Gasteiger partial charge in [-0.2, -0.15) is 10.2 Å². The van der Waals surface area contributed by atoms with E-state index in [1.165, 1.54) is 44.3 Å². The number of nitrogens with zero attached hydrogens (tertiary/aromatic N) is 7. The third-order valence-corrected chi connectivity index (χ3v) is 10.3. The highest BCUT2D eigenvalue weighted by Crippen LogP contribution is 2.40. The van der Waals surface area contributed by atoms with E-state index in [1.807, 2.05) is 17.0 Å². The summed E-state index contributed by atoms with van der Waals surface area (Å²) >= 11 is 6.72. The van der Waals surface area contributed by atoms with Crippen molar-refractivity contribution in [3.8, 4) is 12.2 Å². The SMILES string of the molecule is C[C@H]1CC(/C=[N+](/C)c2nc(OCC34CCCN3CCC4)nc3c2CCN(c2cccc4cccc(Cl)c24)C3)CN1C#N. The number of halogens is 1. The first kappa shape index (κ1) is 27.4. The zero-order chi connectivity index (χ0) is 28.8. The fourth-order valence-electron chi connectivity index (χ4n) is 7.86. The predicted molar refractivity (Wildman–Crippen MR) is 166 cm³/mol. The van der Waals surface area contributed by atoms with Gasteiger partial charge in [0.15, 0.2) is 6.19 Å². The maximum absolute atomic E-state index is 9.51. The summed E-state index contributed by atoms with van der Waals surface area (Å²) in [5, 5.41) is 12.5. The summed E-state index contributed by atoms with van der Waals surface area (Å²) in [6, 6.07) is 13.2. The minimum Gasteiger partial charge on any atom is -0.443 e. The number of hydrogen-bond acceptors (Lipinski definition) is 7. The topological polar surface area (TPSA) is 71.5 Å². The van der Waals surface area contributed by atoms with E-state index in [9.17, 15) is 5.26 Å². The van der Waals surface area contributed by atoms with Crippen LogP contribution in [0, 0.1) is 17.4 Å². The normalized spacial score (nSPS) is 23.7. The molecule has 3 aromatic rings. The Hall–Kier alpha value is -3.41. The molecule has 5 heterocycles. The minimum absolute atomic E-state index is 0.129. The van der Waals surface area contributed by atoms with Gasteiger partial charge in [-0.25, -0.2) is 4.58 Å². The Balaban J connectivity index is 1.23. The van der Waals surface area contributed by atoms with E-state index in [4.69, 9.17) is 26.3 Å². The van der Waals surface area contributed by atoms with Gasteiger partial charge in [0.2, 0.25) is 0 Å². The number of nitriles is 1. The van der Waals surface area contributed by atoms with Gasteiger partial charge >= 0.3 is 11.8 Å². The Labute approximate surface area is 253 Å². The summed E-state index contributed by atoms with van der Waals surface area (Å²) < 4.78 is 8.67. The summed E-state index contributed by atoms with van der Waals surface area (Å²) in [6.45, 7) is 7.35. The molecule has 42 heavy (non-hydrogen) atoms. The van der Waals surface area contributed by atoms with Crippen molar-refractivity contribution >= 4 is 40.1 Å². The van der Waals surface area contributed by atoms with E-state index in [0.717, 1.165) is 58.9 Å². The van der Waals surface area contributed by atoms with E-state index >= 15 is 0 Å². The van der Waals surface area contributed by atoms with Crippen LogP contribution in [0.25, 0.3) is 10.8 Å². The second-order valence-corrected chi connectivity index (χ2v) is 13.0. The van der Waals surface area contributed by atoms with Crippen molar-refractivity contribution in [3.63, 3.8) is 0 Å². The molecule has 4 aliphatic heterocycles.